The second kappa shape index (κ2) is 5.25. The van der Waals surface area contributed by atoms with Gasteiger partial charge in [0.15, 0.2) is 0 Å². The molecule has 0 aromatic heterocycles. The SMILES string of the molecule is CC1CC(C)CC(OC(=O)N2CC[C@@H](N)C2)C1. The van der Waals surface area contributed by atoms with Gasteiger partial charge in [-0.25, -0.2) is 4.79 Å². The molecule has 0 radical (unpaired) electrons. The van der Waals surface area contributed by atoms with E-state index in [4.69, 9.17) is 10.5 Å². The van der Waals surface area contributed by atoms with Crippen LogP contribution in [0.25, 0.3) is 0 Å². The molecule has 0 spiro atoms. The molecule has 0 aromatic carbocycles. The molecule has 0 aromatic rings. The zero-order chi connectivity index (χ0) is 12.4. The lowest BCUT2D eigenvalue weighted by Crippen LogP contribution is -2.37. The fraction of sp³-hybridized carbons (Fsp3) is 0.923. The van der Waals surface area contributed by atoms with E-state index in [-0.39, 0.29) is 18.2 Å². The smallest absolute Gasteiger partial charge is 0.410 e. The number of carbonyl (C=O) groups excluding carboxylic acids is 1. The molecule has 17 heavy (non-hydrogen) atoms. The number of carbonyl (C=O) groups is 1. The highest BCUT2D eigenvalue weighted by molar-refractivity contribution is 5.68. The molecule has 98 valence electrons. The predicted octanol–water partition coefficient (Wildman–Crippen LogP) is 1.98. The van der Waals surface area contributed by atoms with Crippen molar-refractivity contribution in [2.24, 2.45) is 17.6 Å². The third-order valence-electron chi connectivity index (χ3n) is 3.89. The zero-order valence-electron chi connectivity index (χ0n) is 10.9. The molecule has 2 N–H and O–H groups in total. The molecule has 3 atom stereocenters. The Kier molecular flexibility index (Phi) is 3.92. The summed E-state index contributed by atoms with van der Waals surface area (Å²) >= 11 is 0. The largest absolute Gasteiger partial charge is 0.446 e. The van der Waals surface area contributed by atoms with E-state index in [9.17, 15) is 4.79 Å². The van der Waals surface area contributed by atoms with Gasteiger partial charge in [0.05, 0.1) is 0 Å². The van der Waals surface area contributed by atoms with Crippen molar-refractivity contribution in [1.29, 1.82) is 0 Å². The number of nitrogens with two attached hydrogens (primary N) is 1. The number of nitrogens with zero attached hydrogens (tertiary/aromatic N) is 1. The lowest BCUT2D eigenvalue weighted by Gasteiger charge is -2.32. The van der Waals surface area contributed by atoms with Crippen LogP contribution in [-0.2, 0) is 4.74 Å². The van der Waals surface area contributed by atoms with E-state index in [0.29, 0.717) is 18.4 Å². The van der Waals surface area contributed by atoms with Gasteiger partial charge in [-0.2, -0.15) is 0 Å². The van der Waals surface area contributed by atoms with E-state index in [1.165, 1.54) is 6.42 Å². The Hall–Kier alpha value is -0.770. The predicted molar refractivity (Wildman–Crippen MR) is 66.6 cm³/mol. The summed E-state index contributed by atoms with van der Waals surface area (Å²) in [6.45, 7) is 5.87. The number of rotatable bonds is 1. The lowest BCUT2D eigenvalue weighted by molar-refractivity contribution is 0.0277. The van der Waals surface area contributed by atoms with E-state index in [1.54, 1.807) is 4.90 Å². The van der Waals surface area contributed by atoms with Crippen molar-refractivity contribution in [3.63, 3.8) is 0 Å². The average molecular weight is 240 g/mol. The van der Waals surface area contributed by atoms with Crippen molar-refractivity contribution >= 4 is 6.09 Å². The summed E-state index contributed by atoms with van der Waals surface area (Å²) in [5, 5.41) is 0. The number of hydrogen-bond donors (Lipinski definition) is 1. The number of likely N-dealkylation sites (tertiary alicyclic amines) is 1. The quantitative estimate of drug-likeness (QED) is 0.762. The molecule has 1 amide bonds. The number of amides is 1. The number of hydrogen-bond acceptors (Lipinski definition) is 3. The monoisotopic (exact) mass is 240 g/mol. The summed E-state index contributed by atoms with van der Waals surface area (Å²) in [7, 11) is 0. The normalized spacial score (nSPS) is 38.2. The van der Waals surface area contributed by atoms with Crippen molar-refractivity contribution < 1.29 is 9.53 Å². The third kappa shape index (κ3) is 3.35. The first-order valence-electron chi connectivity index (χ1n) is 6.75. The molecule has 1 aliphatic carbocycles. The van der Waals surface area contributed by atoms with Crippen molar-refractivity contribution in [2.75, 3.05) is 13.1 Å². The Morgan fingerprint density at radius 1 is 1.24 bits per heavy atom. The Morgan fingerprint density at radius 2 is 1.88 bits per heavy atom. The molecule has 4 nitrogen and oxygen atoms in total. The van der Waals surface area contributed by atoms with Gasteiger partial charge in [-0.15, -0.1) is 0 Å². The maximum absolute atomic E-state index is 11.9. The molecule has 1 aliphatic heterocycles. The van der Waals surface area contributed by atoms with Gasteiger partial charge in [-0.1, -0.05) is 13.8 Å². The summed E-state index contributed by atoms with van der Waals surface area (Å²) in [4.78, 5) is 13.7. The molecule has 2 unspecified atom stereocenters. The second-order valence-corrected chi connectivity index (χ2v) is 5.92. The van der Waals surface area contributed by atoms with Crippen molar-refractivity contribution in [1.82, 2.24) is 4.90 Å². The lowest BCUT2D eigenvalue weighted by atomic mass is 9.82. The maximum atomic E-state index is 11.9. The van der Waals surface area contributed by atoms with Crippen molar-refractivity contribution in [3.8, 4) is 0 Å². The van der Waals surface area contributed by atoms with E-state index < -0.39 is 0 Å². The van der Waals surface area contributed by atoms with E-state index >= 15 is 0 Å². The van der Waals surface area contributed by atoms with Gasteiger partial charge >= 0.3 is 6.09 Å². The molecule has 2 fully saturated rings. The fourth-order valence-corrected chi connectivity index (χ4v) is 3.14. The molecule has 1 heterocycles. The molecule has 1 saturated heterocycles. The van der Waals surface area contributed by atoms with Crippen LogP contribution in [0, 0.1) is 11.8 Å². The van der Waals surface area contributed by atoms with Crippen LogP contribution >= 0.6 is 0 Å². The van der Waals surface area contributed by atoms with Gasteiger partial charge in [-0.3, -0.25) is 0 Å². The van der Waals surface area contributed by atoms with Crippen LogP contribution in [0.1, 0.15) is 39.5 Å². The summed E-state index contributed by atoms with van der Waals surface area (Å²) in [6, 6.07) is 0.131. The standard InChI is InChI=1S/C13H24N2O2/c1-9-5-10(2)7-12(6-9)17-13(16)15-4-3-11(14)8-15/h9-12H,3-8,14H2,1-2H3/t9?,10?,11-,12?/m1/s1. The molecule has 4 heteroatoms. The van der Waals surface area contributed by atoms with Crippen LogP contribution in [0.15, 0.2) is 0 Å². The van der Waals surface area contributed by atoms with Gasteiger partial charge in [0.2, 0.25) is 0 Å². The minimum atomic E-state index is -0.163. The molecule has 0 bridgehead atoms. The van der Waals surface area contributed by atoms with Gasteiger partial charge in [0, 0.05) is 19.1 Å². The summed E-state index contributed by atoms with van der Waals surface area (Å²) in [5.41, 5.74) is 5.79. The van der Waals surface area contributed by atoms with Crippen molar-refractivity contribution in [3.05, 3.63) is 0 Å². The Labute approximate surface area is 103 Å². The maximum Gasteiger partial charge on any atom is 0.410 e. The minimum absolute atomic E-state index is 0.109. The first-order chi connectivity index (χ1) is 8.04. The minimum Gasteiger partial charge on any atom is -0.446 e. The molecule has 2 aliphatic rings. The first-order valence-corrected chi connectivity index (χ1v) is 6.75. The summed E-state index contributed by atoms with van der Waals surface area (Å²) in [6.07, 6.45) is 4.11. The Bertz CT molecular complexity index is 273. The van der Waals surface area contributed by atoms with E-state index in [1.807, 2.05) is 0 Å². The fourth-order valence-electron chi connectivity index (χ4n) is 3.14. The zero-order valence-corrected chi connectivity index (χ0v) is 10.9. The molecular formula is C13H24N2O2. The van der Waals surface area contributed by atoms with Crippen LogP contribution in [0.4, 0.5) is 4.79 Å². The van der Waals surface area contributed by atoms with Gasteiger partial charge in [0.1, 0.15) is 6.10 Å². The second-order valence-electron chi connectivity index (χ2n) is 5.92. The summed E-state index contributed by atoms with van der Waals surface area (Å²) < 4.78 is 5.60. The van der Waals surface area contributed by atoms with Crippen LogP contribution in [-0.4, -0.2) is 36.2 Å². The van der Waals surface area contributed by atoms with Crippen molar-refractivity contribution in [2.45, 2.75) is 51.7 Å². The first kappa shape index (κ1) is 12.7. The van der Waals surface area contributed by atoms with Gasteiger partial charge < -0.3 is 15.4 Å². The molecular weight excluding hydrogens is 216 g/mol. The van der Waals surface area contributed by atoms with Gasteiger partial charge in [0.25, 0.3) is 0 Å². The molecule has 1 saturated carbocycles. The highest BCUT2D eigenvalue weighted by atomic mass is 16.6. The van der Waals surface area contributed by atoms with E-state index in [0.717, 1.165) is 25.8 Å². The van der Waals surface area contributed by atoms with Gasteiger partial charge in [-0.05, 0) is 37.5 Å². The van der Waals surface area contributed by atoms with Crippen LogP contribution in [0.3, 0.4) is 0 Å². The van der Waals surface area contributed by atoms with E-state index in [2.05, 4.69) is 13.8 Å². The third-order valence-corrected chi connectivity index (χ3v) is 3.89. The molecule has 2 rings (SSSR count). The Balaban J connectivity index is 1.81. The average Bonchev–Trinajstić information content (AvgIpc) is 2.63. The van der Waals surface area contributed by atoms with Crippen LogP contribution in [0.2, 0.25) is 0 Å². The van der Waals surface area contributed by atoms with Crippen LogP contribution in [0.5, 0.6) is 0 Å². The highest BCUT2D eigenvalue weighted by Crippen LogP contribution is 2.30. The number of ether oxygens (including phenoxy) is 1. The van der Waals surface area contributed by atoms with Crippen LogP contribution < -0.4 is 5.73 Å². The highest BCUT2D eigenvalue weighted by Gasteiger charge is 2.30. The topological polar surface area (TPSA) is 55.6 Å². The Morgan fingerprint density at radius 3 is 2.41 bits per heavy atom. The summed E-state index contributed by atoms with van der Waals surface area (Å²) in [5.74, 6) is 1.33.